The van der Waals surface area contributed by atoms with Crippen molar-refractivity contribution in [1.29, 1.82) is 0 Å². The topological polar surface area (TPSA) is 55.8 Å². The molecule has 0 N–H and O–H groups in total. The highest BCUT2D eigenvalue weighted by Crippen LogP contribution is 2.24. The second kappa shape index (κ2) is 8.91. The SMILES string of the molecule is CCOc1ccc(S(=O)(=O)N(C)Cc2cccc(Oc3ccccc3)c2)cc1. The Kier molecular flexibility index (Phi) is 6.34. The van der Waals surface area contributed by atoms with E-state index in [1.165, 1.54) is 4.31 Å². The third-order valence-corrected chi connectivity index (χ3v) is 5.94. The van der Waals surface area contributed by atoms with Gasteiger partial charge in [-0.05, 0) is 61.0 Å². The van der Waals surface area contributed by atoms with E-state index in [0.29, 0.717) is 18.1 Å². The van der Waals surface area contributed by atoms with Gasteiger partial charge >= 0.3 is 0 Å². The smallest absolute Gasteiger partial charge is 0.243 e. The maximum absolute atomic E-state index is 12.8. The Balaban J connectivity index is 1.72. The van der Waals surface area contributed by atoms with Crippen LogP contribution in [0.5, 0.6) is 17.2 Å². The number of hydrogen-bond donors (Lipinski definition) is 0. The summed E-state index contributed by atoms with van der Waals surface area (Å²) in [6.07, 6.45) is 0. The molecular weight excluding hydrogens is 374 g/mol. The van der Waals surface area contributed by atoms with Crippen LogP contribution >= 0.6 is 0 Å². The fourth-order valence-corrected chi connectivity index (χ4v) is 3.89. The van der Waals surface area contributed by atoms with Crippen molar-refractivity contribution in [1.82, 2.24) is 4.31 Å². The molecule has 0 spiro atoms. The predicted octanol–water partition coefficient (Wildman–Crippen LogP) is 4.70. The molecule has 0 heterocycles. The van der Waals surface area contributed by atoms with Crippen molar-refractivity contribution in [2.45, 2.75) is 18.4 Å². The number of ether oxygens (including phenoxy) is 2. The van der Waals surface area contributed by atoms with E-state index in [0.717, 1.165) is 11.3 Å². The standard InChI is InChI=1S/C22H23NO4S/c1-3-26-19-12-14-22(15-13-19)28(24,25)23(2)17-18-8-7-11-21(16-18)27-20-9-5-4-6-10-20/h4-16H,3,17H2,1-2H3. The van der Waals surface area contributed by atoms with Gasteiger partial charge in [-0.15, -0.1) is 0 Å². The molecule has 0 radical (unpaired) electrons. The van der Waals surface area contributed by atoms with E-state index in [4.69, 9.17) is 9.47 Å². The zero-order valence-corrected chi connectivity index (χ0v) is 16.7. The monoisotopic (exact) mass is 397 g/mol. The molecule has 5 nitrogen and oxygen atoms in total. The van der Waals surface area contributed by atoms with Gasteiger partial charge in [0.05, 0.1) is 11.5 Å². The fourth-order valence-electron chi connectivity index (χ4n) is 2.73. The van der Waals surface area contributed by atoms with Gasteiger partial charge < -0.3 is 9.47 Å². The second-order valence-electron chi connectivity index (χ2n) is 6.23. The minimum atomic E-state index is -3.60. The fraction of sp³-hybridized carbons (Fsp3) is 0.182. The van der Waals surface area contributed by atoms with Crippen LogP contribution in [0.15, 0.2) is 83.8 Å². The molecule has 0 aliphatic heterocycles. The van der Waals surface area contributed by atoms with E-state index in [2.05, 4.69) is 0 Å². The van der Waals surface area contributed by atoms with Gasteiger partial charge in [0, 0.05) is 13.6 Å². The van der Waals surface area contributed by atoms with E-state index >= 15 is 0 Å². The van der Waals surface area contributed by atoms with Crippen LogP contribution in [0.3, 0.4) is 0 Å². The zero-order chi connectivity index (χ0) is 20.0. The molecule has 3 aromatic rings. The molecule has 0 unspecified atom stereocenters. The third-order valence-electron chi connectivity index (χ3n) is 4.13. The number of hydrogen-bond acceptors (Lipinski definition) is 4. The van der Waals surface area contributed by atoms with Crippen LogP contribution in [0.4, 0.5) is 0 Å². The van der Waals surface area contributed by atoms with E-state index < -0.39 is 10.0 Å². The molecule has 3 rings (SSSR count). The summed E-state index contributed by atoms with van der Waals surface area (Å²) in [6, 6.07) is 23.3. The van der Waals surface area contributed by atoms with Crippen molar-refractivity contribution in [2.24, 2.45) is 0 Å². The summed E-state index contributed by atoms with van der Waals surface area (Å²) in [4.78, 5) is 0.232. The van der Waals surface area contributed by atoms with Gasteiger partial charge in [0.1, 0.15) is 17.2 Å². The highest BCUT2D eigenvalue weighted by atomic mass is 32.2. The Hall–Kier alpha value is -2.83. The van der Waals surface area contributed by atoms with E-state index in [9.17, 15) is 8.42 Å². The third kappa shape index (κ3) is 4.91. The molecule has 0 bridgehead atoms. The van der Waals surface area contributed by atoms with Crippen LogP contribution in [-0.2, 0) is 16.6 Å². The van der Waals surface area contributed by atoms with E-state index in [-0.39, 0.29) is 11.4 Å². The van der Waals surface area contributed by atoms with Gasteiger partial charge in [-0.2, -0.15) is 4.31 Å². The van der Waals surface area contributed by atoms with Gasteiger partial charge in [0.2, 0.25) is 10.0 Å². The zero-order valence-electron chi connectivity index (χ0n) is 15.9. The molecule has 0 saturated heterocycles. The lowest BCUT2D eigenvalue weighted by molar-refractivity contribution is 0.340. The van der Waals surface area contributed by atoms with E-state index in [1.807, 2.05) is 61.5 Å². The quantitative estimate of drug-likeness (QED) is 0.553. The van der Waals surface area contributed by atoms with Crippen molar-refractivity contribution in [2.75, 3.05) is 13.7 Å². The minimum Gasteiger partial charge on any atom is -0.494 e. The molecule has 3 aromatic carbocycles. The normalized spacial score (nSPS) is 11.4. The molecule has 146 valence electrons. The Labute approximate surface area is 166 Å². The summed E-state index contributed by atoms with van der Waals surface area (Å²) in [5.74, 6) is 2.04. The van der Waals surface area contributed by atoms with Crippen LogP contribution in [0.25, 0.3) is 0 Å². The Morgan fingerprint density at radius 1 is 0.821 bits per heavy atom. The van der Waals surface area contributed by atoms with Gasteiger partial charge in [-0.1, -0.05) is 30.3 Å². The molecule has 0 aliphatic carbocycles. The second-order valence-corrected chi connectivity index (χ2v) is 8.27. The molecule has 0 amide bonds. The maximum atomic E-state index is 12.8. The van der Waals surface area contributed by atoms with Gasteiger partial charge in [0.15, 0.2) is 0 Å². The molecule has 0 saturated carbocycles. The molecule has 0 aromatic heterocycles. The summed E-state index contributed by atoms with van der Waals surface area (Å²) < 4.78 is 38.2. The summed E-state index contributed by atoms with van der Waals surface area (Å²) in [6.45, 7) is 2.66. The predicted molar refractivity (Wildman–Crippen MR) is 109 cm³/mol. The summed E-state index contributed by atoms with van der Waals surface area (Å²) in [5, 5.41) is 0. The Morgan fingerprint density at radius 3 is 2.18 bits per heavy atom. The molecule has 0 atom stereocenters. The summed E-state index contributed by atoms with van der Waals surface area (Å²) >= 11 is 0. The Bertz CT molecular complexity index is 1000. The summed E-state index contributed by atoms with van der Waals surface area (Å²) in [5.41, 5.74) is 0.838. The number of nitrogens with zero attached hydrogens (tertiary/aromatic N) is 1. The maximum Gasteiger partial charge on any atom is 0.243 e. The molecule has 28 heavy (non-hydrogen) atoms. The van der Waals surface area contributed by atoms with Crippen molar-refractivity contribution >= 4 is 10.0 Å². The molecular formula is C22H23NO4S. The Morgan fingerprint density at radius 2 is 1.50 bits per heavy atom. The first kappa shape index (κ1) is 19.9. The van der Waals surface area contributed by atoms with Crippen molar-refractivity contribution in [3.05, 3.63) is 84.4 Å². The number of sulfonamides is 1. The van der Waals surface area contributed by atoms with Crippen LogP contribution < -0.4 is 9.47 Å². The van der Waals surface area contributed by atoms with Crippen LogP contribution in [0.1, 0.15) is 12.5 Å². The van der Waals surface area contributed by atoms with Gasteiger partial charge in [-0.3, -0.25) is 0 Å². The van der Waals surface area contributed by atoms with Crippen molar-refractivity contribution in [3.8, 4) is 17.2 Å². The van der Waals surface area contributed by atoms with Gasteiger partial charge in [0.25, 0.3) is 0 Å². The van der Waals surface area contributed by atoms with Crippen molar-refractivity contribution in [3.63, 3.8) is 0 Å². The first-order valence-electron chi connectivity index (χ1n) is 9.00. The lowest BCUT2D eigenvalue weighted by Crippen LogP contribution is -2.26. The van der Waals surface area contributed by atoms with Crippen LogP contribution in [0.2, 0.25) is 0 Å². The van der Waals surface area contributed by atoms with Crippen molar-refractivity contribution < 1.29 is 17.9 Å². The molecule has 0 aliphatic rings. The number of rotatable bonds is 8. The highest BCUT2D eigenvalue weighted by Gasteiger charge is 2.21. The first-order chi connectivity index (χ1) is 13.5. The highest BCUT2D eigenvalue weighted by molar-refractivity contribution is 7.89. The van der Waals surface area contributed by atoms with Crippen LogP contribution in [0, 0.1) is 0 Å². The van der Waals surface area contributed by atoms with E-state index in [1.54, 1.807) is 31.3 Å². The lowest BCUT2D eigenvalue weighted by Gasteiger charge is -2.18. The first-order valence-corrected chi connectivity index (χ1v) is 10.4. The van der Waals surface area contributed by atoms with Crippen LogP contribution in [-0.4, -0.2) is 26.4 Å². The summed E-state index contributed by atoms with van der Waals surface area (Å²) in [7, 11) is -2.04. The molecule has 0 fully saturated rings. The average Bonchev–Trinajstić information content (AvgIpc) is 2.70. The van der Waals surface area contributed by atoms with Gasteiger partial charge in [-0.25, -0.2) is 8.42 Å². The lowest BCUT2D eigenvalue weighted by atomic mass is 10.2. The minimum absolute atomic E-state index is 0.232. The molecule has 6 heteroatoms. The average molecular weight is 397 g/mol. The number of para-hydroxylation sites is 1. The largest absolute Gasteiger partial charge is 0.494 e. The number of benzene rings is 3.